The molecule has 1 saturated heterocycles. The first kappa shape index (κ1) is 20.8. The van der Waals surface area contributed by atoms with Gasteiger partial charge in [-0.15, -0.1) is 0 Å². The molecule has 8 heteroatoms. The van der Waals surface area contributed by atoms with Gasteiger partial charge in [0.15, 0.2) is 0 Å². The van der Waals surface area contributed by atoms with Gasteiger partial charge in [-0.3, -0.25) is 19.7 Å². The Morgan fingerprint density at radius 1 is 1.00 bits per heavy atom. The van der Waals surface area contributed by atoms with Gasteiger partial charge in [-0.2, -0.15) is 0 Å². The van der Waals surface area contributed by atoms with Crippen LogP contribution >= 0.6 is 11.6 Å². The SMILES string of the molecule is O=C(CCCc1ccccc1)N1CCN(C(=O)c2ccc(Cl)cc2[N+](=O)[O-])CC1. The average Bonchev–Trinajstić information content (AvgIpc) is 2.74. The van der Waals surface area contributed by atoms with Gasteiger partial charge in [0.2, 0.25) is 5.91 Å². The first-order valence-corrected chi connectivity index (χ1v) is 9.88. The normalized spacial score (nSPS) is 14.0. The molecule has 0 aliphatic carbocycles. The molecule has 0 atom stereocenters. The van der Waals surface area contributed by atoms with E-state index in [1.54, 1.807) is 9.80 Å². The molecule has 1 aliphatic rings. The summed E-state index contributed by atoms with van der Waals surface area (Å²) in [6, 6.07) is 14.1. The number of benzene rings is 2. The molecule has 2 amide bonds. The van der Waals surface area contributed by atoms with Crippen molar-refractivity contribution in [3.8, 4) is 0 Å². The van der Waals surface area contributed by atoms with Gasteiger partial charge < -0.3 is 9.80 Å². The van der Waals surface area contributed by atoms with Crippen LogP contribution in [-0.4, -0.2) is 52.7 Å². The van der Waals surface area contributed by atoms with Gasteiger partial charge in [0, 0.05) is 43.7 Å². The van der Waals surface area contributed by atoms with E-state index < -0.39 is 10.8 Å². The summed E-state index contributed by atoms with van der Waals surface area (Å²) in [4.78, 5) is 39.1. The van der Waals surface area contributed by atoms with Gasteiger partial charge in [-0.25, -0.2) is 0 Å². The van der Waals surface area contributed by atoms with Crippen molar-refractivity contribution >= 4 is 29.1 Å². The predicted molar refractivity (Wildman–Crippen MR) is 110 cm³/mol. The van der Waals surface area contributed by atoms with Crippen LogP contribution in [0.2, 0.25) is 5.02 Å². The molecule has 29 heavy (non-hydrogen) atoms. The number of nitro groups is 1. The highest BCUT2D eigenvalue weighted by Gasteiger charge is 2.28. The monoisotopic (exact) mass is 415 g/mol. The third-order valence-electron chi connectivity index (χ3n) is 5.01. The molecule has 0 unspecified atom stereocenters. The van der Waals surface area contributed by atoms with Crippen molar-refractivity contribution in [1.29, 1.82) is 0 Å². The second-order valence-electron chi connectivity index (χ2n) is 6.93. The molecule has 0 saturated carbocycles. The third kappa shape index (κ3) is 5.32. The Kier molecular flexibility index (Phi) is 6.82. The van der Waals surface area contributed by atoms with E-state index in [-0.39, 0.29) is 22.2 Å². The van der Waals surface area contributed by atoms with Crippen molar-refractivity contribution in [3.63, 3.8) is 0 Å². The summed E-state index contributed by atoms with van der Waals surface area (Å²) in [6.45, 7) is 1.56. The summed E-state index contributed by atoms with van der Waals surface area (Å²) in [5, 5.41) is 11.4. The summed E-state index contributed by atoms with van der Waals surface area (Å²) < 4.78 is 0. The highest BCUT2D eigenvalue weighted by atomic mass is 35.5. The number of piperazine rings is 1. The minimum absolute atomic E-state index is 0.0158. The first-order valence-electron chi connectivity index (χ1n) is 9.50. The zero-order chi connectivity index (χ0) is 20.8. The van der Waals surface area contributed by atoms with Gasteiger partial charge in [0.05, 0.1) is 4.92 Å². The molecule has 0 radical (unpaired) electrons. The minimum atomic E-state index is -0.606. The number of nitrogens with zero attached hydrogens (tertiary/aromatic N) is 3. The second kappa shape index (κ2) is 9.52. The Balaban J connectivity index is 1.52. The number of rotatable bonds is 6. The molecule has 1 heterocycles. The van der Waals surface area contributed by atoms with E-state index in [1.807, 2.05) is 30.3 Å². The zero-order valence-corrected chi connectivity index (χ0v) is 16.7. The lowest BCUT2D eigenvalue weighted by Gasteiger charge is -2.34. The van der Waals surface area contributed by atoms with E-state index in [1.165, 1.54) is 23.8 Å². The van der Waals surface area contributed by atoms with Gasteiger partial charge in [0.1, 0.15) is 5.56 Å². The topological polar surface area (TPSA) is 83.8 Å². The summed E-state index contributed by atoms with van der Waals surface area (Å²) in [6.07, 6.45) is 2.09. The fourth-order valence-corrected chi connectivity index (χ4v) is 3.58. The Labute approximate surface area is 174 Å². The molecule has 0 spiro atoms. The number of halogens is 1. The Morgan fingerprint density at radius 3 is 2.31 bits per heavy atom. The van der Waals surface area contributed by atoms with E-state index in [0.717, 1.165) is 12.8 Å². The van der Waals surface area contributed by atoms with E-state index in [2.05, 4.69) is 0 Å². The Morgan fingerprint density at radius 2 is 1.66 bits per heavy atom. The molecule has 0 aromatic heterocycles. The van der Waals surface area contributed by atoms with Gasteiger partial charge in [-0.1, -0.05) is 41.9 Å². The average molecular weight is 416 g/mol. The van der Waals surface area contributed by atoms with Gasteiger partial charge in [-0.05, 0) is 30.5 Å². The van der Waals surface area contributed by atoms with Crippen LogP contribution in [0.4, 0.5) is 5.69 Å². The van der Waals surface area contributed by atoms with Crippen LogP contribution in [0.5, 0.6) is 0 Å². The largest absolute Gasteiger partial charge is 0.339 e. The molecular weight excluding hydrogens is 394 g/mol. The highest BCUT2D eigenvalue weighted by Crippen LogP contribution is 2.25. The molecule has 3 rings (SSSR count). The molecule has 7 nitrogen and oxygen atoms in total. The second-order valence-corrected chi connectivity index (χ2v) is 7.37. The summed E-state index contributed by atoms with van der Waals surface area (Å²) in [5.74, 6) is -0.338. The van der Waals surface area contributed by atoms with Gasteiger partial charge >= 0.3 is 0 Å². The molecule has 2 aromatic carbocycles. The van der Waals surface area contributed by atoms with Crippen LogP contribution in [0.3, 0.4) is 0 Å². The van der Waals surface area contributed by atoms with E-state index in [9.17, 15) is 19.7 Å². The number of carbonyl (C=O) groups excluding carboxylic acids is 2. The van der Waals surface area contributed by atoms with Crippen LogP contribution in [0, 0.1) is 10.1 Å². The highest BCUT2D eigenvalue weighted by molar-refractivity contribution is 6.31. The Bertz CT molecular complexity index is 896. The van der Waals surface area contributed by atoms with Crippen molar-refractivity contribution in [2.24, 2.45) is 0 Å². The molecule has 0 bridgehead atoms. The fourth-order valence-electron chi connectivity index (χ4n) is 3.41. The van der Waals surface area contributed by atoms with Crippen molar-refractivity contribution in [1.82, 2.24) is 9.80 Å². The van der Waals surface area contributed by atoms with Gasteiger partial charge in [0.25, 0.3) is 11.6 Å². The van der Waals surface area contributed by atoms with Crippen molar-refractivity contribution < 1.29 is 14.5 Å². The summed E-state index contributed by atoms with van der Waals surface area (Å²) >= 11 is 5.81. The molecule has 1 aliphatic heterocycles. The molecular formula is C21H22ClN3O4. The molecule has 0 N–H and O–H groups in total. The minimum Gasteiger partial charge on any atom is -0.339 e. The molecule has 2 aromatic rings. The number of hydrogen-bond acceptors (Lipinski definition) is 4. The van der Waals surface area contributed by atoms with Crippen molar-refractivity contribution in [2.45, 2.75) is 19.3 Å². The zero-order valence-electron chi connectivity index (χ0n) is 15.9. The van der Waals surface area contributed by atoms with E-state index >= 15 is 0 Å². The molecule has 1 fully saturated rings. The number of hydrogen-bond donors (Lipinski definition) is 0. The van der Waals surface area contributed by atoms with Crippen molar-refractivity contribution in [3.05, 3.63) is 74.8 Å². The van der Waals surface area contributed by atoms with E-state index in [0.29, 0.717) is 32.6 Å². The summed E-state index contributed by atoms with van der Waals surface area (Å²) in [7, 11) is 0. The smallest absolute Gasteiger partial charge is 0.283 e. The number of amides is 2. The number of carbonyl (C=O) groups is 2. The predicted octanol–water partition coefficient (Wildman–Crippen LogP) is 3.56. The number of aryl methyl sites for hydroxylation is 1. The van der Waals surface area contributed by atoms with Crippen LogP contribution in [0.15, 0.2) is 48.5 Å². The quantitative estimate of drug-likeness (QED) is 0.533. The maximum absolute atomic E-state index is 12.7. The first-order chi connectivity index (χ1) is 14.0. The summed E-state index contributed by atoms with van der Waals surface area (Å²) in [5.41, 5.74) is 0.921. The maximum atomic E-state index is 12.7. The van der Waals surface area contributed by atoms with Crippen LogP contribution < -0.4 is 0 Å². The van der Waals surface area contributed by atoms with E-state index in [4.69, 9.17) is 11.6 Å². The van der Waals surface area contributed by atoms with Crippen LogP contribution in [0.1, 0.15) is 28.8 Å². The molecule has 152 valence electrons. The van der Waals surface area contributed by atoms with Crippen LogP contribution in [0.25, 0.3) is 0 Å². The lowest BCUT2D eigenvalue weighted by atomic mass is 10.1. The third-order valence-corrected chi connectivity index (χ3v) is 5.24. The lowest BCUT2D eigenvalue weighted by molar-refractivity contribution is -0.385. The standard InChI is InChI=1S/C21H22ClN3O4/c22-17-9-10-18(19(15-17)25(28)29)21(27)24-13-11-23(12-14-24)20(26)8-4-7-16-5-2-1-3-6-16/h1-3,5-6,9-10,15H,4,7-8,11-14H2. The maximum Gasteiger partial charge on any atom is 0.283 e. The van der Waals surface area contributed by atoms with Crippen molar-refractivity contribution in [2.75, 3.05) is 26.2 Å². The Hall–Kier alpha value is -2.93. The number of nitro benzene ring substituents is 1. The fraction of sp³-hybridized carbons (Fsp3) is 0.333. The van der Waals surface area contributed by atoms with Crippen LogP contribution in [-0.2, 0) is 11.2 Å². The lowest BCUT2D eigenvalue weighted by Crippen LogP contribution is -2.50.